The molecule has 1 heterocycles. The molecule has 0 saturated carbocycles. The van der Waals surface area contributed by atoms with Gasteiger partial charge in [0.15, 0.2) is 0 Å². The van der Waals surface area contributed by atoms with Gasteiger partial charge in [-0.1, -0.05) is 12.8 Å². The van der Waals surface area contributed by atoms with Gasteiger partial charge < -0.3 is 10.5 Å². The fourth-order valence-electron chi connectivity index (χ4n) is 2.06. The molecule has 1 aliphatic heterocycles. The number of hydrogen-bond donors (Lipinski definition) is 2. The molecule has 0 amide bonds. The highest BCUT2D eigenvalue weighted by Crippen LogP contribution is 2.18. The van der Waals surface area contributed by atoms with Crippen molar-refractivity contribution in [1.29, 1.82) is 0 Å². The predicted octanol–water partition coefficient (Wildman–Crippen LogP) is -0.329. The minimum Gasteiger partial charge on any atom is -0.383 e. The van der Waals surface area contributed by atoms with Crippen LogP contribution >= 0.6 is 0 Å². The molecule has 0 bridgehead atoms. The lowest BCUT2D eigenvalue weighted by molar-refractivity contribution is 0.203. The molecule has 1 fully saturated rings. The van der Waals surface area contributed by atoms with E-state index in [1.54, 1.807) is 7.11 Å². The summed E-state index contributed by atoms with van der Waals surface area (Å²) in [6, 6.07) is -0.0717. The molecular formula is C10H23N3O3S. The van der Waals surface area contributed by atoms with E-state index in [1.165, 1.54) is 4.31 Å². The van der Waals surface area contributed by atoms with E-state index >= 15 is 0 Å². The van der Waals surface area contributed by atoms with Gasteiger partial charge in [0.1, 0.15) is 0 Å². The van der Waals surface area contributed by atoms with Crippen molar-refractivity contribution in [3.63, 3.8) is 0 Å². The third-order valence-corrected chi connectivity index (χ3v) is 4.66. The second-order valence-electron chi connectivity index (χ2n) is 4.24. The van der Waals surface area contributed by atoms with Crippen LogP contribution in [0.3, 0.4) is 0 Å². The van der Waals surface area contributed by atoms with Crippen molar-refractivity contribution in [2.45, 2.75) is 31.7 Å². The van der Waals surface area contributed by atoms with E-state index in [4.69, 9.17) is 10.5 Å². The lowest BCUT2D eigenvalue weighted by Gasteiger charge is -2.28. The van der Waals surface area contributed by atoms with Crippen molar-refractivity contribution in [1.82, 2.24) is 9.03 Å². The summed E-state index contributed by atoms with van der Waals surface area (Å²) in [6.45, 7) is 1.61. The molecule has 6 nitrogen and oxygen atoms in total. The summed E-state index contributed by atoms with van der Waals surface area (Å²) in [7, 11) is -1.87. The fraction of sp³-hybridized carbons (Fsp3) is 1.00. The molecule has 1 atom stereocenters. The standard InChI is InChI=1S/C10H23N3O3S/c1-16-8-6-12-17(14,15)13-7-4-2-3-5-10(13)9-11/h10,12H,2-9,11H2,1H3. The Labute approximate surface area is 104 Å². The topological polar surface area (TPSA) is 84.7 Å². The predicted molar refractivity (Wildman–Crippen MR) is 66.8 cm³/mol. The summed E-state index contributed by atoms with van der Waals surface area (Å²) >= 11 is 0. The number of ether oxygens (including phenoxy) is 1. The van der Waals surface area contributed by atoms with Gasteiger partial charge in [0.25, 0.3) is 10.2 Å². The van der Waals surface area contributed by atoms with Crippen LogP contribution < -0.4 is 10.5 Å². The van der Waals surface area contributed by atoms with Crippen LogP contribution in [-0.2, 0) is 14.9 Å². The molecule has 17 heavy (non-hydrogen) atoms. The van der Waals surface area contributed by atoms with Gasteiger partial charge in [-0.05, 0) is 12.8 Å². The molecule has 0 spiro atoms. The molecular weight excluding hydrogens is 242 g/mol. The first-order valence-corrected chi connectivity index (χ1v) is 7.51. The summed E-state index contributed by atoms with van der Waals surface area (Å²) in [4.78, 5) is 0. The third-order valence-electron chi connectivity index (χ3n) is 2.99. The smallest absolute Gasteiger partial charge is 0.279 e. The minimum atomic E-state index is -3.42. The Kier molecular flexibility index (Phi) is 6.35. The van der Waals surface area contributed by atoms with Crippen molar-refractivity contribution < 1.29 is 13.2 Å². The van der Waals surface area contributed by atoms with Gasteiger partial charge in [0.05, 0.1) is 6.61 Å². The molecule has 7 heteroatoms. The van der Waals surface area contributed by atoms with Crippen molar-refractivity contribution >= 4 is 10.2 Å². The van der Waals surface area contributed by atoms with Crippen LogP contribution in [0.1, 0.15) is 25.7 Å². The lowest BCUT2D eigenvalue weighted by atomic mass is 10.1. The normalized spacial score (nSPS) is 23.5. The van der Waals surface area contributed by atoms with Crippen LogP contribution in [-0.4, -0.2) is 52.1 Å². The van der Waals surface area contributed by atoms with Gasteiger partial charge >= 0.3 is 0 Å². The highest BCUT2D eigenvalue weighted by molar-refractivity contribution is 7.87. The Hall–Kier alpha value is -0.210. The summed E-state index contributed by atoms with van der Waals surface area (Å²) < 4.78 is 33.1. The lowest BCUT2D eigenvalue weighted by Crippen LogP contribution is -2.49. The van der Waals surface area contributed by atoms with Crippen molar-refractivity contribution in [2.75, 3.05) is 33.4 Å². The third kappa shape index (κ3) is 4.51. The highest BCUT2D eigenvalue weighted by atomic mass is 32.2. The number of nitrogens with two attached hydrogens (primary N) is 1. The number of nitrogens with zero attached hydrogens (tertiary/aromatic N) is 1. The molecule has 0 radical (unpaired) electrons. The Balaban J connectivity index is 2.64. The SMILES string of the molecule is COCCNS(=O)(=O)N1CCCCCC1CN. The minimum absolute atomic E-state index is 0.0717. The maximum absolute atomic E-state index is 12.1. The number of methoxy groups -OCH3 is 1. The van der Waals surface area contributed by atoms with Crippen LogP contribution in [0.5, 0.6) is 0 Å². The second-order valence-corrected chi connectivity index (χ2v) is 5.95. The van der Waals surface area contributed by atoms with E-state index in [0.29, 0.717) is 26.2 Å². The van der Waals surface area contributed by atoms with E-state index < -0.39 is 10.2 Å². The maximum atomic E-state index is 12.1. The largest absolute Gasteiger partial charge is 0.383 e. The van der Waals surface area contributed by atoms with E-state index in [0.717, 1.165) is 25.7 Å². The zero-order valence-corrected chi connectivity index (χ0v) is 11.2. The van der Waals surface area contributed by atoms with Gasteiger partial charge in [-0.25, -0.2) is 0 Å². The van der Waals surface area contributed by atoms with Crippen molar-refractivity contribution in [3.05, 3.63) is 0 Å². The molecule has 0 aromatic carbocycles. The van der Waals surface area contributed by atoms with Crippen molar-refractivity contribution in [3.8, 4) is 0 Å². The number of rotatable bonds is 6. The second kappa shape index (κ2) is 7.27. The van der Waals surface area contributed by atoms with E-state index in [9.17, 15) is 8.42 Å². The first-order chi connectivity index (χ1) is 8.11. The molecule has 0 aliphatic carbocycles. The maximum Gasteiger partial charge on any atom is 0.279 e. The van der Waals surface area contributed by atoms with Gasteiger partial charge in [0, 0.05) is 32.8 Å². The summed E-state index contributed by atoms with van der Waals surface area (Å²) in [5.41, 5.74) is 5.66. The Bertz CT molecular complexity index is 308. The van der Waals surface area contributed by atoms with Gasteiger partial charge in [0.2, 0.25) is 0 Å². The molecule has 1 unspecified atom stereocenters. The average Bonchev–Trinajstić information content (AvgIpc) is 2.54. The number of nitrogens with one attached hydrogen (secondary N) is 1. The van der Waals surface area contributed by atoms with Crippen LogP contribution in [0.15, 0.2) is 0 Å². The van der Waals surface area contributed by atoms with Crippen molar-refractivity contribution in [2.24, 2.45) is 5.73 Å². The molecule has 0 aromatic heterocycles. The van der Waals surface area contributed by atoms with E-state index in [1.807, 2.05) is 0 Å². The van der Waals surface area contributed by atoms with Crippen LogP contribution in [0, 0.1) is 0 Å². The molecule has 0 aromatic rings. The Morgan fingerprint density at radius 1 is 1.41 bits per heavy atom. The summed E-state index contributed by atoms with van der Waals surface area (Å²) in [5, 5.41) is 0. The molecule has 3 N–H and O–H groups in total. The highest BCUT2D eigenvalue weighted by Gasteiger charge is 2.29. The quantitative estimate of drug-likeness (QED) is 0.644. The van der Waals surface area contributed by atoms with Gasteiger partial charge in [-0.3, -0.25) is 0 Å². The fourth-order valence-corrected chi connectivity index (χ4v) is 3.52. The molecule has 1 saturated heterocycles. The molecule has 1 aliphatic rings. The zero-order chi connectivity index (χ0) is 12.7. The Morgan fingerprint density at radius 3 is 2.82 bits per heavy atom. The van der Waals surface area contributed by atoms with E-state index in [2.05, 4.69) is 4.72 Å². The van der Waals surface area contributed by atoms with Crippen LogP contribution in [0.4, 0.5) is 0 Å². The monoisotopic (exact) mass is 265 g/mol. The summed E-state index contributed by atoms with van der Waals surface area (Å²) in [6.07, 6.45) is 3.87. The van der Waals surface area contributed by atoms with Gasteiger partial charge in [-0.15, -0.1) is 0 Å². The summed E-state index contributed by atoms with van der Waals surface area (Å²) in [5.74, 6) is 0. The van der Waals surface area contributed by atoms with Crippen LogP contribution in [0.2, 0.25) is 0 Å². The van der Waals surface area contributed by atoms with E-state index in [-0.39, 0.29) is 6.04 Å². The Morgan fingerprint density at radius 2 is 2.18 bits per heavy atom. The first kappa shape index (κ1) is 14.8. The number of hydrogen-bond acceptors (Lipinski definition) is 4. The molecule has 1 rings (SSSR count). The van der Waals surface area contributed by atoms with Crippen LogP contribution in [0.25, 0.3) is 0 Å². The molecule has 102 valence electrons. The van der Waals surface area contributed by atoms with Gasteiger partial charge in [-0.2, -0.15) is 17.4 Å². The average molecular weight is 265 g/mol. The first-order valence-electron chi connectivity index (χ1n) is 6.07. The zero-order valence-electron chi connectivity index (χ0n) is 10.4.